The number of likely N-dealkylation sites (tertiary alicyclic amines) is 1. The van der Waals surface area contributed by atoms with Gasteiger partial charge >= 0.3 is 0 Å². The molecule has 9 heteroatoms. The monoisotopic (exact) mass is 525 g/mol. The van der Waals surface area contributed by atoms with Gasteiger partial charge in [-0.25, -0.2) is 0 Å². The first-order chi connectivity index (χ1) is 16.4. The Hall–Kier alpha value is -2.75. The van der Waals surface area contributed by atoms with Gasteiger partial charge in [0, 0.05) is 28.4 Å². The molecule has 0 unspecified atom stereocenters. The molecular weight excluding hydrogens is 502 g/mol. The van der Waals surface area contributed by atoms with Gasteiger partial charge in [0.1, 0.15) is 11.3 Å². The summed E-state index contributed by atoms with van der Waals surface area (Å²) in [5.41, 5.74) is 0.887. The maximum Gasteiger partial charge on any atom is 0.250 e. The van der Waals surface area contributed by atoms with Crippen molar-refractivity contribution in [1.82, 2.24) is 10.2 Å². The quantitative estimate of drug-likeness (QED) is 0.528. The molecule has 0 saturated carbocycles. The van der Waals surface area contributed by atoms with Crippen LogP contribution in [0.3, 0.4) is 0 Å². The molecule has 4 aliphatic heterocycles. The van der Waals surface area contributed by atoms with Gasteiger partial charge in [-0.2, -0.15) is 0 Å². The largest absolute Gasteiger partial charge is 0.508 e. The van der Waals surface area contributed by atoms with Gasteiger partial charge in [-0.05, 0) is 55.2 Å². The summed E-state index contributed by atoms with van der Waals surface area (Å²) in [5.74, 6) is -2.27. The highest BCUT2D eigenvalue weighted by Gasteiger charge is 2.70. The second-order valence-electron chi connectivity index (χ2n) is 9.50. The fraction of sp³-hybridized carbons (Fsp3) is 0.400. The van der Waals surface area contributed by atoms with Crippen LogP contribution < -0.4 is 10.6 Å². The average Bonchev–Trinajstić information content (AvgIpc) is 3.56. The van der Waals surface area contributed by atoms with Gasteiger partial charge < -0.3 is 15.2 Å². The molecule has 3 N–H and O–H groups in total. The smallest absolute Gasteiger partial charge is 0.250 e. The first-order valence-electron chi connectivity index (χ1n) is 11.5. The number of amides is 3. The third kappa shape index (κ3) is 3.14. The maximum absolute atomic E-state index is 13.8. The number of aromatic hydroxyl groups is 1. The van der Waals surface area contributed by atoms with Crippen molar-refractivity contribution in [2.24, 2.45) is 11.8 Å². The standard InChI is InChI=1S/C25H24BrN3O5/c26-14-5-8-18-17(11-14)25(24(33)27-18)21-20(19(28-25)10-13-3-6-15(30)7-4-13)22(31)29(23(21)32)12-16-2-1-9-34-16/h3-8,11,16,19-21,28,30H,1-2,9-10,12H2,(H,27,33)/t16-,19+,20-,21+,25+/m1/s1. The summed E-state index contributed by atoms with van der Waals surface area (Å²) in [5, 5.41) is 16.0. The lowest BCUT2D eigenvalue weighted by Crippen LogP contribution is -2.54. The predicted octanol–water partition coefficient (Wildman–Crippen LogP) is 2.30. The molecule has 6 rings (SSSR count). The van der Waals surface area contributed by atoms with Crippen LogP contribution >= 0.6 is 15.9 Å². The van der Waals surface area contributed by atoms with Crippen molar-refractivity contribution in [2.45, 2.75) is 36.9 Å². The lowest BCUT2D eigenvalue weighted by atomic mass is 9.76. The van der Waals surface area contributed by atoms with E-state index in [1.54, 1.807) is 30.3 Å². The van der Waals surface area contributed by atoms with Gasteiger partial charge in [0.15, 0.2) is 0 Å². The van der Waals surface area contributed by atoms with Gasteiger partial charge in [0.05, 0.1) is 24.5 Å². The van der Waals surface area contributed by atoms with Crippen molar-refractivity contribution < 1.29 is 24.2 Å². The molecule has 34 heavy (non-hydrogen) atoms. The number of phenols is 1. The molecule has 4 heterocycles. The number of benzene rings is 2. The van der Waals surface area contributed by atoms with Crippen LogP contribution in [-0.4, -0.2) is 53.0 Å². The molecule has 0 radical (unpaired) electrons. The summed E-state index contributed by atoms with van der Waals surface area (Å²) in [6.45, 7) is 0.853. The van der Waals surface area contributed by atoms with Gasteiger partial charge in [-0.1, -0.05) is 28.1 Å². The number of rotatable bonds is 4. The summed E-state index contributed by atoms with van der Waals surface area (Å²) in [6, 6.07) is 11.8. The van der Waals surface area contributed by atoms with Crippen LogP contribution in [0.25, 0.3) is 0 Å². The third-order valence-electron chi connectivity index (χ3n) is 7.57. The van der Waals surface area contributed by atoms with Crippen LogP contribution in [0.1, 0.15) is 24.0 Å². The number of carbonyl (C=O) groups is 3. The van der Waals surface area contributed by atoms with E-state index in [1.165, 1.54) is 4.90 Å². The minimum absolute atomic E-state index is 0.154. The number of nitrogens with zero attached hydrogens (tertiary/aromatic N) is 1. The van der Waals surface area contributed by atoms with E-state index in [-0.39, 0.29) is 36.1 Å². The predicted molar refractivity (Wildman–Crippen MR) is 126 cm³/mol. The Bertz CT molecular complexity index is 1200. The van der Waals surface area contributed by atoms with Gasteiger partial charge in [0.2, 0.25) is 17.7 Å². The molecule has 8 nitrogen and oxygen atoms in total. The van der Waals surface area contributed by atoms with Crippen molar-refractivity contribution in [1.29, 1.82) is 0 Å². The van der Waals surface area contributed by atoms with Crippen LogP contribution in [-0.2, 0) is 31.1 Å². The zero-order valence-electron chi connectivity index (χ0n) is 18.3. The molecule has 5 atom stereocenters. The summed E-state index contributed by atoms with van der Waals surface area (Å²) in [4.78, 5) is 42.4. The van der Waals surface area contributed by atoms with Crippen molar-refractivity contribution >= 4 is 39.3 Å². The Labute approximate surface area is 204 Å². The van der Waals surface area contributed by atoms with Crippen LogP contribution in [0.5, 0.6) is 5.75 Å². The minimum atomic E-state index is -1.33. The molecular formula is C25H24BrN3O5. The Morgan fingerprint density at radius 2 is 1.91 bits per heavy atom. The lowest BCUT2D eigenvalue weighted by Gasteiger charge is -2.30. The van der Waals surface area contributed by atoms with E-state index in [0.717, 1.165) is 22.9 Å². The zero-order valence-corrected chi connectivity index (χ0v) is 19.9. The van der Waals surface area contributed by atoms with E-state index in [9.17, 15) is 19.5 Å². The molecule has 0 aromatic heterocycles. The summed E-state index contributed by atoms with van der Waals surface area (Å²) in [7, 11) is 0. The molecule has 2 aromatic carbocycles. The molecule has 3 amide bonds. The number of carbonyl (C=O) groups excluding carboxylic acids is 3. The Kier molecular flexibility index (Phi) is 5.05. The number of hydrogen-bond donors (Lipinski definition) is 3. The molecule has 1 spiro atoms. The first kappa shape index (κ1) is 21.8. The van der Waals surface area contributed by atoms with Crippen LogP contribution in [0.2, 0.25) is 0 Å². The second-order valence-corrected chi connectivity index (χ2v) is 10.4. The highest BCUT2D eigenvalue weighted by atomic mass is 79.9. The summed E-state index contributed by atoms with van der Waals surface area (Å²) >= 11 is 3.49. The fourth-order valence-electron chi connectivity index (χ4n) is 6.07. The van der Waals surface area contributed by atoms with Crippen molar-refractivity contribution in [2.75, 3.05) is 18.5 Å². The molecule has 2 aromatic rings. The maximum atomic E-state index is 13.8. The van der Waals surface area contributed by atoms with Crippen molar-refractivity contribution in [3.63, 3.8) is 0 Å². The number of ether oxygens (including phenoxy) is 1. The van der Waals surface area contributed by atoms with Crippen LogP contribution in [0, 0.1) is 11.8 Å². The summed E-state index contributed by atoms with van der Waals surface area (Å²) in [6.07, 6.45) is 1.99. The van der Waals surface area contributed by atoms with Crippen LogP contribution in [0.4, 0.5) is 5.69 Å². The Morgan fingerprint density at radius 1 is 1.12 bits per heavy atom. The third-order valence-corrected chi connectivity index (χ3v) is 8.06. The van der Waals surface area contributed by atoms with Crippen molar-refractivity contribution in [3.8, 4) is 5.75 Å². The molecule has 0 aliphatic carbocycles. The lowest BCUT2D eigenvalue weighted by molar-refractivity contribution is -0.144. The van der Waals surface area contributed by atoms with E-state index in [4.69, 9.17) is 4.74 Å². The minimum Gasteiger partial charge on any atom is -0.508 e. The van der Waals surface area contributed by atoms with Gasteiger partial charge in [0.25, 0.3) is 0 Å². The van der Waals surface area contributed by atoms with Gasteiger partial charge in [-0.15, -0.1) is 0 Å². The second kappa shape index (κ2) is 7.90. The Morgan fingerprint density at radius 3 is 2.65 bits per heavy atom. The van der Waals surface area contributed by atoms with E-state index in [1.807, 2.05) is 12.1 Å². The molecule has 3 fully saturated rings. The fourth-order valence-corrected chi connectivity index (χ4v) is 6.43. The number of hydrogen-bond acceptors (Lipinski definition) is 6. The summed E-state index contributed by atoms with van der Waals surface area (Å²) < 4.78 is 6.49. The first-order valence-corrected chi connectivity index (χ1v) is 12.3. The van der Waals surface area contributed by atoms with Crippen molar-refractivity contribution in [3.05, 3.63) is 58.1 Å². The molecule has 0 bridgehead atoms. The molecule has 176 valence electrons. The average molecular weight is 526 g/mol. The highest BCUT2D eigenvalue weighted by molar-refractivity contribution is 9.10. The van der Waals surface area contributed by atoms with E-state index < -0.39 is 23.4 Å². The van der Waals surface area contributed by atoms with Gasteiger partial charge in [-0.3, -0.25) is 24.6 Å². The number of anilines is 1. The number of imide groups is 1. The number of halogens is 1. The number of phenolic OH excluding ortho intramolecular Hbond substituents is 1. The zero-order chi connectivity index (χ0) is 23.6. The molecule has 3 saturated heterocycles. The molecule has 4 aliphatic rings. The topological polar surface area (TPSA) is 108 Å². The van der Waals surface area contributed by atoms with E-state index in [2.05, 4.69) is 26.6 Å². The number of fused-ring (bicyclic) bond motifs is 4. The SMILES string of the molecule is O=C1[C@@H]2[C@H](Cc3ccc(O)cc3)N[C@]3(C(=O)Nc4ccc(Br)cc43)[C@@H]2C(=O)N1C[C@H]1CCCO1. The Balaban J connectivity index is 1.43. The van der Waals surface area contributed by atoms with E-state index in [0.29, 0.717) is 24.3 Å². The van der Waals surface area contributed by atoms with E-state index >= 15 is 0 Å². The highest BCUT2D eigenvalue weighted by Crippen LogP contribution is 2.53. The van der Waals surface area contributed by atoms with Crippen LogP contribution in [0.15, 0.2) is 46.9 Å². The number of nitrogens with one attached hydrogen (secondary N) is 2. The normalized spacial score (nSPS) is 31.9.